The Labute approximate surface area is 123 Å². The molecule has 0 bridgehead atoms. The molecule has 0 spiro atoms. The van der Waals surface area contributed by atoms with Crippen molar-refractivity contribution in [3.8, 4) is 0 Å². The van der Waals surface area contributed by atoms with Crippen molar-refractivity contribution < 1.29 is 14.5 Å². The largest absolute Gasteiger partial charge is 0.326 e. The van der Waals surface area contributed by atoms with Crippen LogP contribution >= 0.6 is 24.0 Å². The van der Waals surface area contributed by atoms with Gasteiger partial charge in [-0.3, -0.25) is 19.7 Å². The molecule has 1 unspecified atom stereocenters. The number of thioether (sulfide) groups is 1. The maximum Gasteiger partial charge on any atom is 0.269 e. The third-order valence-corrected chi connectivity index (χ3v) is 3.87. The molecule has 0 radical (unpaired) electrons. The van der Waals surface area contributed by atoms with Crippen LogP contribution in [0.1, 0.15) is 6.42 Å². The summed E-state index contributed by atoms with van der Waals surface area (Å²) in [4.78, 5) is 33.1. The molecule has 2 amide bonds. The first-order valence-corrected chi connectivity index (χ1v) is 6.80. The Morgan fingerprint density at radius 3 is 2.60 bits per heavy atom. The van der Waals surface area contributed by atoms with E-state index in [4.69, 9.17) is 12.2 Å². The second kappa shape index (κ2) is 5.97. The van der Waals surface area contributed by atoms with Crippen LogP contribution in [0, 0.1) is 10.1 Å². The smallest absolute Gasteiger partial charge is 0.269 e. The van der Waals surface area contributed by atoms with Crippen molar-refractivity contribution in [2.45, 2.75) is 11.7 Å². The first kappa shape index (κ1) is 14.4. The van der Waals surface area contributed by atoms with Crippen LogP contribution in [0.15, 0.2) is 24.3 Å². The highest BCUT2D eigenvalue weighted by Crippen LogP contribution is 2.23. The van der Waals surface area contributed by atoms with Gasteiger partial charge in [-0.15, -0.1) is 0 Å². The van der Waals surface area contributed by atoms with Gasteiger partial charge in [-0.1, -0.05) is 24.0 Å². The Kier molecular flexibility index (Phi) is 4.30. The van der Waals surface area contributed by atoms with Gasteiger partial charge in [0, 0.05) is 24.2 Å². The van der Waals surface area contributed by atoms with Crippen molar-refractivity contribution in [2.24, 2.45) is 0 Å². The van der Waals surface area contributed by atoms with Crippen LogP contribution in [0.25, 0.3) is 0 Å². The molecule has 1 aromatic rings. The van der Waals surface area contributed by atoms with E-state index >= 15 is 0 Å². The van der Waals surface area contributed by atoms with Gasteiger partial charge in [0.1, 0.15) is 4.32 Å². The number of carbonyl (C=O) groups excluding carboxylic acids is 2. The third kappa shape index (κ3) is 3.52. The number of nitrogens with one attached hydrogen (secondary N) is 2. The van der Waals surface area contributed by atoms with Gasteiger partial charge in [-0.2, -0.15) is 0 Å². The summed E-state index contributed by atoms with van der Waals surface area (Å²) in [5.41, 5.74) is 0.380. The number of rotatable bonds is 4. The zero-order valence-corrected chi connectivity index (χ0v) is 11.6. The summed E-state index contributed by atoms with van der Waals surface area (Å²) in [7, 11) is 0. The van der Waals surface area contributed by atoms with E-state index in [0.29, 0.717) is 10.0 Å². The fourth-order valence-corrected chi connectivity index (χ4v) is 2.84. The van der Waals surface area contributed by atoms with E-state index in [0.717, 1.165) is 11.8 Å². The van der Waals surface area contributed by atoms with E-state index in [9.17, 15) is 19.7 Å². The summed E-state index contributed by atoms with van der Waals surface area (Å²) < 4.78 is 0.364. The fraction of sp³-hybridized carbons (Fsp3) is 0.182. The lowest BCUT2D eigenvalue weighted by Crippen LogP contribution is -2.27. The summed E-state index contributed by atoms with van der Waals surface area (Å²) in [5.74, 6) is -0.630. The molecule has 1 saturated heterocycles. The predicted octanol–water partition coefficient (Wildman–Crippen LogP) is 1.44. The van der Waals surface area contributed by atoms with Gasteiger partial charge < -0.3 is 10.6 Å². The average Bonchev–Trinajstić information content (AvgIpc) is 2.68. The molecule has 0 aromatic heterocycles. The molecule has 1 aliphatic rings. The van der Waals surface area contributed by atoms with Crippen molar-refractivity contribution >= 4 is 51.5 Å². The summed E-state index contributed by atoms with van der Waals surface area (Å²) >= 11 is 5.97. The van der Waals surface area contributed by atoms with Gasteiger partial charge in [-0.05, 0) is 12.1 Å². The topological polar surface area (TPSA) is 101 Å². The quantitative estimate of drug-likeness (QED) is 0.495. The third-order valence-electron chi connectivity index (χ3n) is 2.50. The lowest BCUT2D eigenvalue weighted by molar-refractivity contribution is -0.384. The van der Waals surface area contributed by atoms with Crippen LogP contribution in [0.2, 0.25) is 0 Å². The molecule has 1 fully saturated rings. The van der Waals surface area contributed by atoms with Crippen molar-refractivity contribution in [1.29, 1.82) is 0 Å². The Bertz CT molecular complexity index is 588. The minimum Gasteiger partial charge on any atom is -0.326 e. The summed E-state index contributed by atoms with van der Waals surface area (Å²) in [5, 5.41) is 15.0. The molecule has 1 aliphatic heterocycles. The minimum atomic E-state index is -0.527. The molecular weight excluding hydrogens is 302 g/mol. The standard InChI is InChI=1S/C11H9N3O4S2/c15-9(5-8-10(16)13-11(19)20-8)12-6-1-3-7(4-2-6)14(17)18/h1-4,8H,5H2,(H,12,15)(H,13,16,19). The zero-order chi connectivity index (χ0) is 14.7. The number of nitrogens with zero attached hydrogens (tertiary/aromatic N) is 1. The van der Waals surface area contributed by atoms with Crippen LogP contribution in [0.4, 0.5) is 11.4 Å². The minimum absolute atomic E-state index is 0.00632. The second-order valence-electron chi connectivity index (χ2n) is 3.94. The number of nitro groups is 1. The average molecular weight is 311 g/mol. The maximum atomic E-state index is 11.8. The van der Waals surface area contributed by atoms with Gasteiger partial charge >= 0.3 is 0 Å². The zero-order valence-electron chi connectivity index (χ0n) is 9.99. The summed E-state index contributed by atoms with van der Waals surface area (Å²) in [6.45, 7) is 0. The Hall–Kier alpha value is -2.00. The molecule has 2 rings (SSSR count). The van der Waals surface area contributed by atoms with Gasteiger partial charge in [0.2, 0.25) is 11.8 Å². The number of amides is 2. The number of hydrogen-bond donors (Lipinski definition) is 2. The van der Waals surface area contributed by atoms with E-state index in [1.165, 1.54) is 24.3 Å². The number of non-ortho nitro benzene ring substituents is 1. The number of thiocarbonyl (C=S) groups is 1. The lowest BCUT2D eigenvalue weighted by Gasteiger charge is -2.07. The van der Waals surface area contributed by atoms with E-state index < -0.39 is 10.2 Å². The van der Waals surface area contributed by atoms with Crippen molar-refractivity contribution in [1.82, 2.24) is 5.32 Å². The van der Waals surface area contributed by atoms with Crippen molar-refractivity contribution in [3.05, 3.63) is 34.4 Å². The Morgan fingerprint density at radius 1 is 1.45 bits per heavy atom. The van der Waals surface area contributed by atoms with Crippen molar-refractivity contribution in [3.63, 3.8) is 0 Å². The van der Waals surface area contributed by atoms with Crippen LogP contribution in [0.5, 0.6) is 0 Å². The fourth-order valence-electron chi connectivity index (χ4n) is 1.57. The number of nitro benzene ring substituents is 1. The van der Waals surface area contributed by atoms with Crippen LogP contribution < -0.4 is 10.6 Å². The first-order valence-electron chi connectivity index (χ1n) is 5.51. The van der Waals surface area contributed by atoms with E-state index in [2.05, 4.69) is 10.6 Å². The highest BCUT2D eigenvalue weighted by Gasteiger charge is 2.30. The van der Waals surface area contributed by atoms with E-state index in [1.54, 1.807) is 0 Å². The summed E-state index contributed by atoms with van der Waals surface area (Å²) in [6.07, 6.45) is -0.00632. The van der Waals surface area contributed by atoms with Gasteiger partial charge in [0.25, 0.3) is 5.69 Å². The molecule has 104 valence electrons. The summed E-state index contributed by atoms with van der Waals surface area (Å²) in [6, 6.07) is 5.45. The molecule has 9 heteroatoms. The molecule has 1 heterocycles. The van der Waals surface area contributed by atoms with E-state index in [-0.39, 0.29) is 23.9 Å². The molecule has 2 N–H and O–H groups in total. The SMILES string of the molecule is O=C(CC1SC(=S)NC1=O)Nc1ccc([N+](=O)[O-])cc1. The van der Waals surface area contributed by atoms with Gasteiger partial charge in [-0.25, -0.2) is 0 Å². The number of anilines is 1. The first-order chi connectivity index (χ1) is 9.45. The number of hydrogen-bond acceptors (Lipinski definition) is 6. The van der Waals surface area contributed by atoms with Crippen molar-refractivity contribution in [2.75, 3.05) is 5.32 Å². The van der Waals surface area contributed by atoms with Gasteiger partial charge in [0.05, 0.1) is 10.2 Å². The predicted molar refractivity (Wildman–Crippen MR) is 78.5 cm³/mol. The van der Waals surface area contributed by atoms with Crippen LogP contribution in [-0.4, -0.2) is 26.3 Å². The molecule has 0 saturated carbocycles. The maximum absolute atomic E-state index is 11.8. The normalized spacial score (nSPS) is 17.7. The number of benzene rings is 1. The second-order valence-corrected chi connectivity index (χ2v) is 5.82. The van der Waals surface area contributed by atoms with Gasteiger partial charge in [0.15, 0.2) is 0 Å². The molecule has 1 atom stereocenters. The number of carbonyl (C=O) groups is 2. The monoisotopic (exact) mass is 311 g/mol. The highest BCUT2D eigenvalue weighted by atomic mass is 32.2. The van der Waals surface area contributed by atoms with Crippen LogP contribution in [-0.2, 0) is 9.59 Å². The lowest BCUT2D eigenvalue weighted by atomic mass is 10.2. The molecule has 1 aromatic carbocycles. The molecule has 7 nitrogen and oxygen atoms in total. The van der Waals surface area contributed by atoms with Crippen LogP contribution in [0.3, 0.4) is 0 Å². The molecule has 20 heavy (non-hydrogen) atoms. The van der Waals surface area contributed by atoms with E-state index in [1.807, 2.05) is 0 Å². The molecule has 0 aliphatic carbocycles. The Balaban J connectivity index is 1.93. The molecular formula is C11H9N3O4S2. The highest BCUT2D eigenvalue weighted by molar-refractivity contribution is 8.24. The Morgan fingerprint density at radius 2 is 2.10 bits per heavy atom.